The summed E-state index contributed by atoms with van der Waals surface area (Å²) in [6.45, 7) is 3.21. The summed E-state index contributed by atoms with van der Waals surface area (Å²) in [6, 6.07) is -1.25. The van der Waals surface area contributed by atoms with Crippen molar-refractivity contribution in [2.24, 2.45) is 5.84 Å². The van der Waals surface area contributed by atoms with Crippen LogP contribution in [0.4, 0.5) is 5.69 Å². The van der Waals surface area contributed by atoms with E-state index in [9.17, 15) is 24.5 Å². The molecule has 0 saturated heterocycles. The molecule has 3 N–H and O–H groups in total. The van der Waals surface area contributed by atoms with Crippen LogP contribution < -0.4 is 22.5 Å². The van der Waals surface area contributed by atoms with Gasteiger partial charge in [-0.3, -0.25) is 29.7 Å². The third-order valence-electron chi connectivity index (χ3n) is 2.74. The average Bonchev–Trinajstić information content (AvgIpc) is 2.40. The second-order valence-electron chi connectivity index (χ2n) is 4.11. The summed E-state index contributed by atoms with van der Waals surface area (Å²) < 4.78 is 1.55. The number of nitrogens with one attached hydrogen (secondary N) is 1. The average molecular weight is 285 g/mol. The minimum Gasteiger partial charge on any atom is -0.293 e. The molecule has 10 nitrogen and oxygen atoms in total. The number of nitro groups is 1. The Morgan fingerprint density at radius 1 is 1.55 bits per heavy atom. The van der Waals surface area contributed by atoms with E-state index < -0.39 is 33.8 Å². The fourth-order valence-electron chi connectivity index (χ4n) is 1.71. The van der Waals surface area contributed by atoms with Gasteiger partial charge < -0.3 is 0 Å². The van der Waals surface area contributed by atoms with E-state index in [4.69, 9.17) is 5.84 Å². The van der Waals surface area contributed by atoms with Gasteiger partial charge in [0.1, 0.15) is 6.04 Å². The van der Waals surface area contributed by atoms with Crippen molar-refractivity contribution in [2.75, 3.05) is 0 Å². The Hall–Kier alpha value is -2.49. The number of hydrogen-bond donors (Lipinski definition) is 2. The summed E-state index contributed by atoms with van der Waals surface area (Å²) in [6.07, 6.45) is 1.42. The van der Waals surface area contributed by atoms with Gasteiger partial charge >= 0.3 is 16.9 Å². The molecule has 1 amide bonds. The summed E-state index contributed by atoms with van der Waals surface area (Å²) in [5.41, 5.74) is -0.896. The van der Waals surface area contributed by atoms with Crippen LogP contribution in [-0.4, -0.2) is 20.0 Å². The number of aromatic nitrogens is 2. The van der Waals surface area contributed by atoms with Gasteiger partial charge in [0.25, 0.3) is 5.91 Å². The molecule has 0 aromatic carbocycles. The van der Waals surface area contributed by atoms with Crippen LogP contribution in [0.2, 0.25) is 0 Å². The van der Waals surface area contributed by atoms with Crippen molar-refractivity contribution in [3.63, 3.8) is 0 Å². The van der Waals surface area contributed by atoms with E-state index >= 15 is 0 Å². The van der Waals surface area contributed by atoms with E-state index in [1.807, 2.05) is 0 Å². The zero-order chi connectivity index (χ0) is 15.4. The lowest BCUT2D eigenvalue weighted by molar-refractivity contribution is -0.387. The van der Waals surface area contributed by atoms with E-state index in [-0.39, 0.29) is 6.54 Å². The number of nitrogens with two attached hydrogens (primary N) is 1. The quantitative estimate of drug-likeness (QED) is 0.303. The molecule has 1 heterocycles. The number of hydrazine groups is 1. The van der Waals surface area contributed by atoms with Crippen LogP contribution in [0.15, 0.2) is 15.8 Å². The molecule has 0 fully saturated rings. The number of rotatable bonds is 5. The Morgan fingerprint density at radius 2 is 2.15 bits per heavy atom. The first kappa shape index (κ1) is 15.6. The fourth-order valence-corrected chi connectivity index (χ4v) is 1.71. The molecule has 110 valence electrons. The van der Waals surface area contributed by atoms with Crippen molar-refractivity contribution in [3.8, 4) is 0 Å². The van der Waals surface area contributed by atoms with Gasteiger partial charge in [-0.15, -0.1) is 0 Å². The number of carbonyl (C=O) groups excluding carboxylic acids is 1. The van der Waals surface area contributed by atoms with E-state index in [0.717, 1.165) is 10.8 Å². The van der Waals surface area contributed by atoms with Crippen molar-refractivity contribution in [2.45, 2.75) is 32.9 Å². The Labute approximate surface area is 112 Å². The Morgan fingerprint density at radius 3 is 2.60 bits per heavy atom. The predicted molar refractivity (Wildman–Crippen MR) is 68.9 cm³/mol. The highest BCUT2D eigenvalue weighted by Crippen LogP contribution is 2.05. The summed E-state index contributed by atoms with van der Waals surface area (Å²) in [5.74, 6) is 4.15. The standard InChI is InChI=1S/C10H15N5O5/c1-3-4-13-5-7(15(19)20)9(17)14(10(13)18)6(2)8(16)12-11/h5-6H,3-4,11H2,1-2H3,(H,12,16). The van der Waals surface area contributed by atoms with Gasteiger partial charge in [-0.2, -0.15) is 0 Å². The van der Waals surface area contributed by atoms with Gasteiger partial charge in [0.2, 0.25) is 0 Å². The smallest absolute Gasteiger partial charge is 0.293 e. The molecule has 20 heavy (non-hydrogen) atoms. The van der Waals surface area contributed by atoms with Crippen molar-refractivity contribution in [3.05, 3.63) is 37.1 Å². The zero-order valence-electron chi connectivity index (χ0n) is 11.0. The van der Waals surface area contributed by atoms with Crippen LogP contribution in [-0.2, 0) is 11.3 Å². The minimum absolute atomic E-state index is 0.191. The van der Waals surface area contributed by atoms with Crippen LogP contribution >= 0.6 is 0 Å². The highest BCUT2D eigenvalue weighted by Gasteiger charge is 2.25. The van der Waals surface area contributed by atoms with Crippen LogP contribution in [0.1, 0.15) is 26.3 Å². The molecule has 1 atom stereocenters. The summed E-state index contributed by atoms with van der Waals surface area (Å²) in [4.78, 5) is 45.5. The lowest BCUT2D eigenvalue weighted by atomic mass is 10.3. The number of hydrogen-bond acceptors (Lipinski definition) is 6. The van der Waals surface area contributed by atoms with E-state index in [1.165, 1.54) is 6.92 Å². The van der Waals surface area contributed by atoms with E-state index in [2.05, 4.69) is 0 Å². The van der Waals surface area contributed by atoms with Gasteiger partial charge in [-0.05, 0) is 13.3 Å². The SMILES string of the molecule is CCCn1cc([N+](=O)[O-])c(=O)n(C(C)C(=O)NN)c1=O. The molecule has 1 unspecified atom stereocenters. The molecule has 1 aromatic heterocycles. The van der Waals surface area contributed by atoms with Crippen LogP contribution in [0.25, 0.3) is 0 Å². The maximum atomic E-state index is 12.1. The van der Waals surface area contributed by atoms with Crippen molar-refractivity contribution in [1.29, 1.82) is 0 Å². The first-order valence-corrected chi connectivity index (χ1v) is 5.86. The molecule has 0 aliphatic carbocycles. The molecule has 0 saturated carbocycles. The molecule has 0 spiro atoms. The predicted octanol–water partition coefficient (Wildman–Crippen LogP) is -1.12. The third kappa shape index (κ3) is 2.74. The molecular formula is C10H15N5O5. The molecule has 10 heteroatoms. The first-order valence-electron chi connectivity index (χ1n) is 5.86. The van der Waals surface area contributed by atoms with Crippen LogP contribution in [0.5, 0.6) is 0 Å². The first-order chi connectivity index (χ1) is 9.34. The van der Waals surface area contributed by atoms with Gasteiger partial charge in [-0.25, -0.2) is 15.2 Å². The lowest BCUT2D eigenvalue weighted by Gasteiger charge is -2.14. The van der Waals surface area contributed by atoms with Gasteiger partial charge in [0.05, 0.1) is 11.1 Å². The number of amides is 1. The Kier molecular flexibility index (Phi) is 4.75. The molecule has 0 radical (unpaired) electrons. The van der Waals surface area contributed by atoms with E-state index in [1.54, 1.807) is 12.3 Å². The lowest BCUT2D eigenvalue weighted by Crippen LogP contribution is -2.47. The number of nitrogens with zero attached hydrogens (tertiary/aromatic N) is 3. The summed E-state index contributed by atoms with van der Waals surface area (Å²) in [7, 11) is 0. The highest BCUT2D eigenvalue weighted by molar-refractivity contribution is 5.79. The Bertz CT molecular complexity index is 646. The highest BCUT2D eigenvalue weighted by atomic mass is 16.6. The summed E-state index contributed by atoms with van der Waals surface area (Å²) >= 11 is 0. The summed E-state index contributed by atoms with van der Waals surface area (Å²) in [5, 5.41) is 10.9. The minimum atomic E-state index is -1.25. The topological polar surface area (TPSA) is 142 Å². The normalized spacial score (nSPS) is 11.9. The molecular weight excluding hydrogens is 270 g/mol. The molecule has 1 aromatic rings. The monoisotopic (exact) mass is 285 g/mol. The third-order valence-corrected chi connectivity index (χ3v) is 2.74. The van der Waals surface area contributed by atoms with Crippen LogP contribution in [0, 0.1) is 10.1 Å². The van der Waals surface area contributed by atoms with Gasteiger partial charge in [0.15, 0.2) is 0 Å². The van der Waals surface area contributed by atoms with Gasteiger partial charge in [0, 0.05) is 6.54 Å². The molecule has 0 aliphatic heterocycles. The molecule has 0 aliphatic rings. The van der Waals surface area contributed by atoms with Crippen LogP contribution in [0.3, 0.4) is 0 Å². The fraction of sp³-hybridized carbons (Fsp3) is 0.500. The molecule has 0 bridgehead atoms. The van der Waals surface area contributed by atoms with Crippen molar-refractivity contribution >= 4 is 11.6 Å². The maximum absolute atomic E-state index is 12.1. The maximum Gasteiger partial charge on any atom is 0.350 e. The van der Waals surface area contributed by atoms with E-state index in [0.29, 0.717) is 11.0 Å². The molecule has 1 rings (SSSR count). The number of aryl methyl sites for hydroxylation is 1. The largest absolute Gasteiger partial charge is 0.350 e. The van der Waals surface area contributed by atoms with Crippen molar-refractivity contribution < 1.29 is 9.72 Å². The zero-order valence-corrected chi connectivity index (χ0v) is 11.0. The van der Waals surface area contributed by atoms with Crippen molar-refractivity contribution in [1.82, 2.24) is 14.6 Å². The number of carbonyl (C=O) groups is 1. The Balaban J connectivity index is 3.64. The second kappa shape index (κ2) is 6.10. The van der Waals surface area contributed by atoms with Gasteiger partial charge in [-0.1, -0.05) is 6.92 Å². The second-order valence-corrected chi connectivity index (χ2v) is 4.11.